The summed E-state index contributed by atoms with van der Waals surface area (Å²) in [6.45, 7) is 2.14. The van der Waals surface area contributed by atoms with Crippen LogP contribution in [0, 0.1) is 10.1 Å². The normalized spacial score (nSPS) is 17.2. The summed E-state index contributed by atoms with van der Waals surface area (Å²) in [4.78, 5) is 15.1. The van der Waals surface area contributed by atoms with Crippen LogP contribution < -0.4 is 5.32 Å². The molecule has 0 aliphatic heterocycles. The van der Waals surface area contributed by atoms with E-state index >= 15 is 0 Å². The van der Waals surface area contributed by atoms with Gasteiger partial charge in [0.1, 0.15) is 11.9 Å². The van der Waals surface area contributed by atoms with E-state index in [2.05, 4.69) is 17.2 Å². The smallest absolute Gasteiger partial charge is 0.311 e. The predicted molar refractivity (Wildman–Crippen MR) is 78.9 cm³/mol. The third-order valence-corrected chi connectivity index (χ3v) is 4.09. The van der Waals surface area contributed by atoms with Crippen LogP contribution in [0.25, 0.3) is 10.9 Å². The quantitative estimate of drug-likeness (QED) is 0.679. The number of para-hydroxylation sites is 1. The lowest BCUT2D eigenvalue weighted by molar-refractivity contribution is -0.384. The van der Waals surface area contributed by atoms with Crippen LogP contribution in [0.4, 0.5) is 11.4 Å². The molecule has 1 aromatic heterocycles. The Bertz CT molecular complexity index is 663. The van der Waals surface area contributed by atoms with Crippen molar-refractivity contribution in [1.82, 2.24) is 4.98 Å². The molecule has 1 saturated carbocycles. The maximum Gasteiger partial charge on any atom is 0.311 e. The van der Waals surface area contributed by atoms with Crippen molar-refractivity contribution >= 4 is 22.3 Å². The van der Waals surface area contributed by atoms with Crippen LogP contribution in [0.5, 0.6) is 0 Å². The highest BCUT2D eigenvalue weighted by molar-refractivity contribution is 5.95. The lowest BCUT2D eigenvalue weighted by atomic mass is 9.99. The number of hydrogen-bond acceptors (Lipinski definition) is 4. The zero-order valence-electron chi connectivity index (χ0n) is 11.4. The molecule has 1 heterocycles. The van der Waals surface area contributed by atoms with Gasteiger partial charge < -0.3 is 5.32 Å². The van der Waals surface area contributed by atoms with Crippen LogP contribution in [0.1, 0.15) is 32.6 Å². The van der Waals surface area contributed by atoms with Crippen molar-refractivity contribution in [3.63, 3.8) is 0 Å². The van der Waals surface area contributed by atoms with Crippen molar-refractivity contribution in [1.29, 1.82) is 0 Å². The molecular formula is C15H17N3O2. The first-order chi connectivity index (χ1) is 9.59. The minimum Gasteiger partial charge on any atom is -0.374 e. The Kier molecular flexibility index (Phi) is 3.04. The third kappa shape index (κ3) is 2.19. The maximum absolute atomic E-state index is 11.3. The minimum atomic E-state index is -0.361. The third-order valence-electron chi connectivity index (χ3n) is 4.09. The van der Waals surface area contributed by atoms with E-state index in [9.17, 15) is 10.1 Å². The van der Waals surface area contributed by atoms with Gasteiger partial charge in [-0.15, -0.1) is 0 Å². The number of pyridine rings is 1. The Hall–Kier alpha value is -2.17. The van der Waals surface area contributed by atoms with Crippen LogP contribution in [0.2, 0.25) is 0 Å². The largest absolute Gasteiger partial charge is 0.374 e. The predicted octanol–water partition coefficient (Wildman–Crippen LogP) is 3.89. The summed E-state index contributed by atoms with van der Waals surface area (Å²) in [7, 11) is 0. The van der Waals surface area contributed by atoms with E-state index in [-0.39, 0.29) is 16.1 Å². The fourth-order valence-electron chi connectivity index (χ4n) is 2.98. The molecule has 1 N–H and O–H groups in total. The van der Waals surface area contributed by atoms with Gasteiger partial charge in [0.15, 0.2) is 0 Å². The summed E-state index contributed by atoms with van der Waals surface area (Å²) in [6.07, 6.45) is 5.77. The molecule has 0 amide bonds. The zero-order chi connectivity index (χ0) is 14.2. The number of benzene rings is 1. The monoisotopic (exact) mass is 271 g/mol. The van der Waals surface area contributed by atoms with E-state index in [4.69, 9.17) is 0 Å². The first-order valence-corrected chi connectivity index (χ1v) is 6.89. The summed E-state index contributed by atoms with van der Waals surface area (Å²) in [5, 5.41) is 15.5. The van der Waals surface area contributed by atoms with Gasteiger partial charge in [0.2, 0.25) is 0 Å². The fraction of sp³-hybridized carbons (Fsp3) is 0.400. The number of nitro groups is 1. The van der Waals surface area contributed by atoms with Crippen molar-refractivity contribution in [3.8, 4) is 0 Å². The number of rotatable bonds is 3. The van der Waals surface area contributed by atoms with Gasteiger partial charge in [0.25, 0.3) is 0 Å². The highest BCUT2D eigenvalue weighted by atomic mass is 16.6. The van der Waals surface area contributed by atoms with Gasteiger partial charge >= 0.3 is 5.69 Å². The molecule has 0 atom stereocenters. The van der Waals surface area contributed by atoms with Crippen molar-refractivity contribution in [3.05, 3.63) is 40.6 Å². The molecule has 2 aromatic rings. The molecule has 1 fully saturated rings. The maximum atomic E-state index is 11.3. The fourth-order valence-corrected chi connectivity index (χ4v) is 2.98. The van der Waals surface area contributed by atoms with Crippen molar-refractivity contribution in [2.24, 2.45) is 0 Å². The Morgan fingerprint density at radius 3 is 2.70 bits per heavy atom. The summed E-state index contributed by atoms with van der Waals surface area (Å²) < 4.78 is 0. The van der Waals surface area contributed by atoms with Crippen LogP contribution in [0.15, 0.2) is 30.5 Å². The summed E-state index contributed by atoms with van der Waals surface area (Å²) in [5.41, 5.74) is 1.37. The van der Waals surface area contributed by atoms with E-state index in [1.165, 1.54) is 19.0 Å². The van der Waals surface area contributed by atoms with Gasteiger partial charge in [-0.1, -0.05) is 31.0 Å². The molecule has 5 nitrogen and oxygen atoms in total. The highest BCUT2D eigenvalue weighted by Gasteiger charge is 2.31. The van der Waals surface area contributed by atoms with Gasteiger partial charge in [-0.2, -0.15) is 0 Å². The molecule has 3 rings (SSSR count). The number of nitrogens with zero attached hydrogens (tertiary/aromatic N) is 2. The molecule has 0 unspecified atom stereocenters. The molecule has 20 heavy (non-hydrogen) atoms. The average Bonchev–Trinajstić information content (AvgIpc) is 2.85. The van der Waals surface area contributed by atoms with Crippen molar-refractivity contribution in [2.75, 3.05) is 5.32 Å². The second-order valence-corrected chi connectivity index (χ2v) is 5.69. The van der Waals surface area contributed by atoms with Crippen LogP contribution >= 0.6 is 0 Å². The highest BCUT2D eigenvalue weighted by Crippen LogP contribution is 2.38. The number of aromatic nitrogens is 1. The Morgan fingerprint density at radius 1 is 1.30 bits per heavy atom. The Labute approximate surface area is 117 Å². The second kappa shape index (κ2) is 4.74. The van der Waals surface area contributed by atoms with Crippen LogP contribution in [-0.2, 0) is 0 Å². The van der Waals surface area contributed by atoms with E-state index < -0.39 is 0 Å². The average molecular weight is 271 g/mol. The molecule has 1 aliphatic carbocycles. The molecule has 0 spiro atoms. The molecular weight excluding hydrogens is 254 g/mol. The van der Waals surface area contributed by atoms with Gasteiger partial charge in [-0.25, -0.2) is 4.98 Å². The van der Waals surface area contributed by atoms with E-state index in [1.807, 2.05) is 24.3 Å². The Balaban J connectivity index is 2.14. The number of hydrogen-bond donors (Lipinski definition) is 1. The summed E-state index contributed by atoms with van der Waals surface area (Å²) >= 11 is 0. The van der Waals surface area contributed by atoms with E-state index in [1.54, 1.807) is 0 Å². The van der Waals surface area contributed by atoms with E-state index in [0.29, 0.717) is 5.69 Å². The minimum absolute atomic E-state index is 0.0526. The lowest BCUT2D eigenvalue weighted by Crippen LogP contribution is -2.31. The number of nitrogens with one attached hydrogen (secondary N) is 1. The van der Waals surface area contributed by atoms with Gasteiger partial charge in [0.05, 0.1) is 10.4 Å². The first kappa shape index (κ1) is 12.8. The zero-order valence-corrected chi connectivity index (χ0v) is 11.4. The van der Waals surface area contributed by atoms with Crippen molar-refractivity contribution in [2.45, 2.75) is 38.1 Å². The SMILES string of the molecule is CC1(Nc2c([N+](=O)[O-])cnc3ccccc23)CCCC1. The summed E-state index contributed by atoms with van der Waals surface area (Å²) in [6, 6.07) is 7.54. The molecule has 1 aliphatic rings. The molecule has 0 bridgehead atoms. The van der Waals surface area contributed by atoms with Gasteiger partial charge in [-0.3, -0.25) is 10.1 Å². The molecule has 5 heteroatoms. The van der Waals surface area contributed by atoms with Gasteiger partial charge in [0, 0.05) is 10.9 Å². The van der Waals surface area contributed by atoms with Crippen molar-refractivity contribution < 1.29 is 4.92 Å². The molecule has 0 radical (unpaired) electrons. The Morgan fingerprint density at radius 2 is 2.00 bits per heavy atom. The summed E-state index contributed by atoms with van der Waals surface area (Å²) in [5.74, 6) is 0. The second-order valence-electron chi connectivity index (χ2n) is 5.69. The molecule has 104 valence electrons. The topological polar surface area (TPSA) is 68.1 Å². The lowest BCUT2D eigenvalue weighted by Gasteiger charge is -2.27. The first-order valence-electron chi connectivity index (χ1n) is 6.89. The van der Waals surface area contributed by atoms with Crippen LogP contribution in [0.3, 0.4) is 0 Å². The van der Waals surface area contributed by atoms with E-state index in [0.717, 1.165) is 23.7 Å². The number of fused-ring (bicyclic) bond motifs is 1. The standard InChI is InChI=1S/C15H17N3O2/c1-15(8-4-5-9-15)17-14-11-6-2-3-7-12(11)16-10-13(14)18(19)20/h2-3,6-7,10H,4-5,8-9H2,1H3,(H,16,17). The molecule has 0 saturated heterocycles. The number of anilines is 1. The van der Waals surface area contributed by atoms with Gasteiger partial charge in [-0.05, 0) is 25.8 Å². The molecule has 1 aromatic carbocycles. The van der Waals surface area contributed by atoms with Crippen LogP contribution in [-0.4, -0.2) is 15.4 Å².